The van der Waals surface area contributed by atoms with E-state index >= 15 is 0 Å². The van der Waals surface area contributed by atoms with Crippen molar-refractivity contribution in [2.24, 2.45) is 0 Å². The Morgan fingerprint density at radius 1 is 1.27 bits per heavy atom. The van der Waals surface area contributed by atoms with Gasteiger partial charge in [-0.15, -0.1) is 0 Å². The summed E-state index contributed by atoms with van der Waals surface area (Å²) in [5.74, 6) is -2.01. The number of aromatic nitrogens is 1. The minimum atomic E-state index is -0.667. The van der Waals surface area contributed by atoms with E-state index in [0.29, 0.717) is 27.3 Å². The third-order valence-corrected chi connectivity index (χ3v) is 3.28. The summed E-state index contributed by atoms with van der Waals surface area (Å²) in [6.45, 7) is 5.17. The zero-order valence-corrected chi connectivity index (χ0v) is 12.7. The first-order valence-corrected chi connectivity index (χ1v) is 6.95. The van der Waals surface area contributed by atoms with E-state index in [9.17, 15) is 19.8 Å². The maximum Gasteiger partial charge on any atom is 0.292 e. The molecule has 7 heteroatoms. The molecular weight excluding hydrogens is 288 g/mol. The van der Waals surface area contributed by atoms with Gasteiger partial charge in [-0.3, -0.25) is 14.5 Å². The fourth-order valence-electron chi connectivity index (χ4n) is 2.23. The molecule has 0 aliphatic carbocycles. The van der Waals surface area contributed by atoms with Gasteiger partial charge < -0.3 is 10.2 Å². The second-order valence-electron chi connectivity index (χ2n) is 4.93. The van der Waals surface area contributed by atoms with Crippen molar-refractivity contribution in [3.63, 3.8) is 0 Å². The Morgan fingerprint density at radius 3 is 2.45 bits per heavy atom. The molecule has 0 unspecified atom stereocenters. The molecule has 22 heavy (non-hydrogen) atoms. The van der Waals surface area contributed by atoms with Gasteiger partial charge in [0.1, 0.15) is 0 Å². The predicted molar refractivity (Wildman–Crippen MR) is 78.7 cm³/mol. The summed E-state index contributed by atoms with van der Waals surface area (Å²) in [7, 11) is 0. The van der Waals surface area contributed by atoms with E-state index in [1.54, 1.807) is 19.1 Å². The van der Waals surface area contributed by atoms with Crippen LogP contribution in [0.2, 0.25) is 0 Å². The van der Waals surface area contributed by atoms with Gasteiger partial charge in [0.15, 0.2) is 0 Å². The first kappa shape index (κ1) is 15.7. The van der Waals surface area contributed by atoms with E-state index in [0.717, 1.165) is 12.5 Å². The van der Waals surface area contributed by atoms with Gasteiger partial charge in [0.25, 0.3) is 11.8 Å². The molecule has 0 radical (unpaired) electrons. The van der Waals surface area contributed by atoms with Crippen molar-refractivity contribution < 1.29 is 24.7 Å². The van der Waals surface area contributed by atoms with Crippen LogP contribution in [0.25, 0.3) is 6.08 Å². The Balaban J connectivity index is 2.42. The minimum Gasteiger partial charge on any atom is -0.492 e. The SMILES string of the molecule is CC=Cc1c(CCC)c(O)n(ON2C(=O)C=C(C)C2=O)c1O. The smallest absolute Gasteiger partial charge is 0.292 e. The molecule has 1 aromatic rings. The van der Waals surface area contributed by atoms with Crippen molar-refractivity contribution in [3.05, 3.63) is 28.9 Å². The molecule has 118 valence electrons. The molecule has 0 atom stereocenters. The van der Waals surface area contributed by atoms with Crippen LogP contribution < -0.4 is 4.94 Å². The first-order chi connectivity index (χ1) is 10.4. The largest absolute Gasteiger partial charge is 0.492 e. The lowest BCUT2D eigenvalue weighted by Crippen LogP contribution is -2.39. The van der Waals surface area contributed by atoms with Crippen LogP contribution in [-0.2, 0) is 16.0 Å². The standard InChI is InChI=1S/C15H18N2O5/c1-4-6-10-11(7-5-2)15(21)17(14(10)20)22-16-12(18)8-9(3)13(16)19/h4,6,8,20-21H,5,7H2,1-3H3. The lowest BCUT2D eigenvalue weighted by atomic mass is 10.1. The van der Waals surface area contributed by atoms with Gasteiger partial charge in [-0.2, -0.15) is 0 Å². The van der Waals surface area contributed by atoms with Gasteiger partial charge in [-0.25, -0.2) is 0 Å². The van der Waals surface area contributed by atoms with Crippen molar-refractivity contribution in [1.82, 2.24) is 9.79 Å². The monoisotopic (exact) mass is 306 g/mol. The topological polar surface area (TPSA) is 92.0 Å². The minimum absolute atomic E-state index is 0.221. The van der Waals surface area contributed by atoms with Gasteiger partial charge in [-0.05, 0) is 20.3 Å². The van der Waals surface area contributed by atoms with E-state index in [1.807, 2.05) is 6.92 Å². The van der Waals surface area contributed by atoms with Crippen LogP contribution >= 0.6 is 0 Å². The fraction of sp³-hybridized carbons (Fsp3) is 0.333. The summed E-state index contributed by atoms with van der Waals surface area (Å²) >= 11 is 0. The molecule has 1 aromatic heterocycles. The lowest BCUT2D eigenvalue weighted by Gasteiger charge is -2.15. The third kappa shape index (κ3) is 2.45. The number of carbonyl (C=O) groups is 2. The second kappa shape index (κ2) is 5.97. The van der Waals surface area contributed by atoms with Crippen LogP contribution in [0.1, 0.15) is 38.3 Å². The number of rotatable bonds is 5. The Kier molecular flexibility index (Phi) is 4.25. The van der Waals surface area contributed by atoms with E-state index in [4.69, 9.17) is 4.94 Å². The molecule has 0 fully saturated rings. The second-order valence-corrected chi connectivity index (χ2v) is 4.93. The summed E-state index contributed by atoms with van der Waals surface area (Å²) in [6, 6.07) is 0. The van der Waals surface area contributed by atoms with Gasteiger partial charge >= 0.3 is 0 Å². The van der Waals surface area contributed by atoms with E-state index in [1.165, 1.54) is 6.92 Å². The number of imide groups is 1. The van der Waals surface area contributed by atoms with Crippen molar-refractivity contribution in [2.75, 3.05) is 0 Å². The summed E-state index contributed by atoms with van der Waals surface area (Å²) in [4.78, 5) is 28.6. The van der Waals surface area contributed by atoms with E-state index in [2.05, 4.69) is 0 Å². The maximum absolute atomic E-state index is 11.8. The van der Waals surface area contributed by atoms with E-state index < -0.39 is 11.8 Å². The molecule has 1 aliphatic heterocycles. The van der Waals surface area contributed by atoms with E-state index in [-0.39, 0.29) is 17.3 Å². The molecular formula is C15H18N2O5. The average molecular weight is 306 g/mol. The number of allylic oxidation sites excluding steroid dienone is 1. The average Bonchev–Trinajstić information content (AvgIpc) is 2.84. The summed E-state index contributed by atoms with van der Waals surface area (Å²) in [6.07, 6.45) is 5.70. The molecule has 2 heterocycles. The van der Waals surface area contributed by atoms with Crippen LogP contribution in [0, 0.1) is 0 Å². The highest BCUT2D eigenvalue weighted by molar-refractivity contribution is 6.14. The Hall–Kier alpha value is -2.70. The van der Waals surface area contributed by atoms with Crippen molar-refractivity contribution in [2.45, 2.75) is 33.6 Å². The Morgan fingerprint density at radius 2 is 1.95 bits per heavy atom. The molecule has 0 saturated heterocycles. The molecule has 0 spiro atoms. The van der Waals surface area contributed by atoms with Gasteiger partial charge in [0.2, 0.25) is 11.8 Å². The predicted octanol–water partition coefficient (Wildman–Crippen LogP) is 1.54. The quantitative estimate of drug-likeness (QED) is 0.805. The zero-order chi connectivity index (χ0) is 16.4. The fourth-order valence-corrected chi connectivity index (χ4v) is 2.23. The molecule has 0 aromatic carbocycles. The number of nitrogens with zero attached hydrogens (tertiary/aromatic N) is 2. The van der Waals surface area contributed by atoms with Gasteiger partial charge in [-0.1, -0.05) is 35.3 Å². The number of amides is 2. The number of hydroxylamine groups is 2. The highest BCUT2D eigenvalue weighted by Gasteiger charge is 2.33. The van der Waals surface area contributed by atoms with Crippen LogP contribution in [0.4, 0.5) is 0 Å². The summed E-state index contributed by atoms with van der Waals surface area (Å²) in [5, 5.41) is 20.9. The van der Waals surface area contributed by atoms with Crippen molar-refractivity contribution in [3.8, 4) is 11.8 Å². The zero-order valence-electron chi connectivity index (χ0n) is 12.7. The highest BCUT2D eigenvalue weighted by Crippen LogP contribution is 2.35. The van der Waals surface area contributed by atoms with Crippen LogP contribution in [0.5, 0.6) is 11.8 Å². The normalized spacial score (nSPS) is 15.0. The molecule has 2 N–H and O–H groups in total. The number of hydrogen-bond donors (Lipinski definition) is 2. The van der Waals surface area contributed by atoms with Crippen LogP contribution in [-0.4, -0.2) is 31.8 Å². The first-order valence-electron chi connectivity index (χ1n) is 6.95. The highest BCUT2D eigenvalue weighted by atomic mass is 16.8. The van der Waals surface area contributed by atoms with Crippen LogP contribution in [0.15, 0.2) is 17.7 Å². The number of aromatic hydroxyl groups is 2. The van der Waals surface area contributed by atoms with Crippen molar-refractivity contribution >= 4 is 17.9 Å². The Bertz CT molecular complexity index is 685. The molecule has 2 rings (SSSR count). The number of hydrogen-bond acceptors (Lipinski definition) is 5. The molecule has 0 bridgehead atoms. The molecule has 1 aliphatic rings. The summed E-state index contributed by atoms with van der Waals surface area (Å²) < 4.78 is 0.683. The number of carbonyl (C=O) groups excluding carboxylic acids is 2. The summed E-state index contributed by atoms with van der Waals surface area (Å²) in [5.41, 5.74) is 1.10. The molecule has 2 amide bonds. The lowest BCUT2D eigenvalue weighted by molar-refractivity contribution is -0.189. The molecule has 0 saturated carbocycles. The van der Waals surface area contributed by atoms with Gasteiger partial charge in [0, 0.05) is 22.8 Å². The Labute approximate surface area is 127 Å². The van der Waals surface area contributed by atoms with Crippen LogP contribution in [0.3, 0.4) is 0 Å². The van der Waals surface area contributed by atoms with Crippen molar-refractivity contribution in [1.29, 1.82) is 0 Å². The molecule has 7 nitrogen and oxygen atoms in total. The maximum atomic E-state index is 11.8. The third-order valence-electron chi connectivity index (χ3n) is 3.28. The van der Waals surface area contributed by atoms with Gasteiger partial charge in [0.05, 0.1) is 0 Å².